The Balaban J connectivity index is 1.51. The number of benzene rings is 1. The average Bonchev–Trinajstić information content (AvgIpc) is 3.27. The van der Waals surface area contributed by atoms with E-state index in [0.717, 1.165) is 23.1 Å². The van der Waals surface area contributed by atoms with Crippen LogP contribution in [0.5, 0.6) is 0 Å². The van der Waals surface area contributed by atoms with Gasteiger partial charge in [0.1, 0.15) is 17.2 Å². The number of hydrogen-bond acceptors (Lipinski definition) is 4. The van der Waals surface area contributed by atoms with Crippen LogP contribution in [0.3, 0.4) is 0 Å². The maximum absolute atomic E-state index is 13.4. The molecular formula is C20H15ClF4N4O3. The van der Waals surface area contributed by atoms with E-state index in [2.05, 4.69) is 15.3 Å². The van der Waals surface area contributed by atoms with Crippen LogP contribution in [-0.4, -0.2) is 39.0 Å². The number of alkyl halides is 3. The summed E-state index contributed by atoms with van der Waals surface area (Å²) < 4.78 is 52.1. The molecule has 0 radical (unpaired) electrons. The fourth-order valence-corrected chi connectivity index (χ4v) is 3.75. The summed E-state index contributed by atoms with van der Waals surface area (Å²) >= 11 is 5.76. The number of H-pyrrole nitrogens is 1. The SMILES string of the molecule is O=C(NCc1cc(F)cc(Cl)c1)C1(O)CCN(c2cnc3[nH]c(C(F)(F)F)cc3c2)C1=O. The van der Waals surface area contributed by atoms with Crippen molar-refractivity contribution in [2.24, 2.45) is 0 Å². The van der Waals surface area contributed by atoms with Gasteiger partial charge in [0.25, 0.3) is 11.8 Å². The van der Waals surface area contributed by atoms with Gasteiger partial charge in [-0.2, -0.15) is 13.2 Å². The third-order valence-electron chi connectivity index (χ3n) is 5.12. The molecule has 1 unspecified atom stereocenters. The van der Waals surface area contributed by atoms with Crippen molar-refractivity contribution in [1.82, 2.24) is 15.3 Å². The Kier molecular flexibility index (Phi) is 5.33. The number of anilines is 1. The predicted octanol–water partition coefficient (Wildman–Crippen LogP) is 3.16. The fourth-order valence-electron chi connectivity index (χ4n) is 3.51. The molecule has 3 heterocycles. The number of carbonyl (C=O) groups excluding carboxylic acids is 2. The van der Waals surface area contributed by atoms with Gasteiger partial charge in [0.15, 0.2) is 0 Å². The molecule has 2 aromatic heterocycles. The summed E-state index contributed by atoms with van der Waals surface area (Å²) in [6, 6.07) is 5.82. The van der Waals surface area contributed by atoms with Crippen molar-refractivity contribution < 1.29 is 32.3 Å². The number of aromatic nitrogens is 2. The summed E-state index contributed by atoms with van der Waals surface area (Å²) in [6.07, 6.45) is -3.66. The molecule has 32 heavy (non-hydrogen) atoms. The van der Waals surface area contributed by atoms with E-state index in [-0.39, 0.29) is 41.3 Å². The number of pyridine rings is 1. The zero-order valence-electron chi connectivity index (χ0n) is 16.1. The lowest BCUT2D eigenvalue weighted by Crippen LogP contribution is -2.52. The van der Waals surface area contributed by atoms with Gasteiger partial charge in [-0.25, -0.2) is 9.37 Å². The van der Waals surface area contributed by atoms with Crippen LogP contribution in [0.15, 0.2) is 36.5 Å². The average molecular weight is 471 g/mol. The van der Waals surface area contributed by atoms with Gasteiger partial charge < -0.3 is 20.3 Å². The van der Waals surface area contributed by atoms with E-state index in [9.17, 15) is 32.3 Å². The van der Waals surface area contributed by atoms with E-state index in [1.807, 2.05) is 0 Å². The molecule has 12 heteroatoms. The zero-order chi connectivity index (χ0) is 23.3. The monoisotopic (exact) mass is 470 g/mol. The molecule has 1 aliphatic heterocycles. The lowest BCUT2D eigenvalue weighted by Gasteiger charge is -2.21. The van der Waals surface area contributed by atoms with Gasteiger partial charge in [-0.05, 0) is 35.9 Å². The molecule has 2 amide bonds. The maximum Gasteiger partial charge on any atom is 0.431 e. The predicted molar refractivity (Wildman–Crippen MR) is 106 cm³/mol. The van der Waals surface area contributed by atoms with Crippen LogP contribution in [0, 0.1) is 5.82 Å². The number of carbonyl (C=O) groups is 2. The molecule has 3 aromatic rings. The van der Waals surface area contributed by atoms with E-state index in [4.69, 9.17) is 11.6 Å². The first kappa shape index (κ1) is 22.0. The van der Waals surface area contributed by atoms with Gasteiger partial charge in [-0.1, -0.05) is 11.6 Å². The van der Waals surface area contributed by atoms with Crippen LogP contribution in [0.4, 0.5) is 23.2 Å². The topological polar surface area (TPSA) is 98.3 Å². The van der Waals surface area contributed by atoms with Crippen LogP contribution in [-0.2, 0) is 22.3 Å². The quantitative estimate of drug-likeness (QED) is 0.403. The van der Waals surface area contributed by atoms with Crippen LogP contribution in [0.25, 0.3) is 11.0 Å². The van der Waals surface area contributed by atoms with Crippen molar-refractivity contribution in [2.75, 3.05) is 11.4 Å². The summed E-state index contributed by atoms with van der Waals surface area (Å²) in [4.78, 5) is 32.5. The van der Waals surface area contributed by atoms with Gasteiger partial charge in [-0.15, -0.1) is 0 Å². The first-order valence-corrected chi connectivity index (χ1v) is 9.69. The number of aliphatic hydroxyl groups is 1. The zero-order valence-corrected chi connectivity index (χ0v) is 16.9. The molecular weight excluding hydrogens is 456 g/mol. The molecule has 1 aromatic carbocycles. The number of amides is 2. The number of nitrogens with zero attached hydrogens (tertiary/aromatic N) is 2. The van der Waals surface area contributed by atoms with Crippen molar-refractivity contribution in [2.45, 2.75) is 24.7 Å². The van der Waals surface area contributed by atoms with Crippen LogP contribution in [0.2, 0.25) is 5.02 Å². The van der Waals surface area contributed by atoms with Crippen molar-refractivity contribution >= 4 is 40.1 Å². The molecule has 1 fully saturated rings. The summed E-state index contributed by atoms with van der Waals surface area (Å²) in [5, 5.41) is 13.3. The van der Waals surface area contributed by atoms with E-state index in [1.54, 1.807) is 0 Å². The van der Waals surface area contributed by atoms with Gasteiger partial charge in [0.2, 0.25) is 5.60 Å². The molecule has 0 bridgehead atoms. The standard InChI is InChI=1S/C20H15ClF4N4O3/c21-12-3-10(4-13(22)7-12)8-27-17(30)19(32)1-2-29(18(19)31)14-5-11-6-15(20(23,24)25)28-16(11)26-9-14/h3-7,9,32H,1-2,8H2,(H,26,28)(H,27,30). The molecule has 4 rings (SSSR count). The Morgan fingerprint density at radius 1 is 1.28 bits per heavy atom. The summed E-state index contributed by atoms with van der Waals surface area (Å²) in [5.41, 5.74) is -2.93. The third-order valence-corrected chi connectivity index (χ3v) is 5.34. The van der Waals surface area contributed by atoms with Crippen LogP contribution < -0.4 is 10.2 Å². The molecule has 1 saturated heterocycles. The number of halogens is 5. The Morgan fingerprint density at radius 2 is 2.03 bits per heavy atom. The Hall–Kier alpha value is -3.18. The van der Waals surface area contributed by atoms with E-state index >= 15 is 0 Å². The molecule has 7 nitrogen and oxygen atoms in total. The molecule has 1 aliphatic rings. The molecule has 0 spiro atoms. The van der Waals surface area contributed by atoms with E-state index < -0.39 is 35.1 Å². The molecule has 0 saturated carbocycles. The number of hydrogen-bond donors (Lipinski definition) is 3. The van der Waals surface area contributed by atoms with Crippen molar-refractivity contribution in [3.63, 3.8) is 0 Å². The minimum absolute atomic E-state index is 0.0190. The van der Waals surface area contributed by atoms with Crippen molar-refractivity contribution in [3.8, 4) is 0 Å². The molecule has 1 atom stereocenters. The number of aromatic amines is 1. The Morgan fingerprint density at radius 3 is 2.72 bits per heavy atom. The summed E-state index contributed by atoms with van der Waals surface area (Å²) in [6.45, 7) is -0.235. The highest BCUT2D eigenvalue weighted by Gasteiger charge is 2.51. The number of rotatable bonds is 4. The Labute approximate surface area is 183 Å². The third kappa shape index (κ3) is 4.00. The normalized spacial score (nSPS) is 19.1. The molecule has 0 aliphatic carbocycles. The molecule has 3 N–H and O–H groups in total. The largest absolute Gasteiger partial charge is 0.431 e. The second kappa shape index (κ2) is 7.75. The van der Waals surface area contributed by atoms with Gasteiger partial charge in [-0.3, -0.25) is 9.59 Å². The minimum atomic E-state index is -4.59. The summed E-state index contributed by atoms with van der Waals surface area (Å²) in [5.74, 6) is -2.54. The first-order chi connectivity index (χ1) is 15.0. The lowest BCUT2D eigenvalue weighted by molar-refractivity contribution is -0.149. The Bertz CT molecular complexity index is 1210. The smallest absolute Gasteiger partial charge is 0.372 e. The second-order valence-electron chi connectivity index (χ2n) is 7.34. The lowest BCUT2D eigenvalue weighted by atomic mass is 10.0. The highest BCUT2D eigenvalue weighted by molar-refractivity contribution is 6.30. The van der Waals surface area contributed by atoms with Crippen molar-refractivity contribution in [1.29, 1.82) is 0 Å². The van der Waals surface area contributed by atoms with E-state index in [0.29, 0.717) is 5.56 Å². The first-order valence-electron chi connectivity index (χ1n) is 9.31. The van der Waals surface area contributed by atoms with Gasteiger partial charge in [0.05, 0.1) is 11.9 Å². The second-order valence-corrected chi connectivity index (χ2v) is 7.78. The van der Waals surface area contributed by atoms with Gasteiger partial charge in [0, 0.05) is 29.9 Å². The van der Waals surface area contributed by atoms with Crippen LogP contribution in [0.1, 0.15) is 17.7 Å². The minimum Gasteiger partial charge on any atom is -0.372 e. The highest BCUT2D eigenvalue weighted by atomic mass is 35.5. The maximum atomic E-state index is 13.4. The summed E-state index contributed by atoms with van der Waals surface area (Å²) in [7, 11) is 0. The fraction of sp³-hybridized carbons (Fsp3) is 0.250. The molecule has 168 valence electrons. The highest BCUT2D eigenvalue weighted by Crippen LogP contribution is 2.33. The van der Waals surface area contributed by atoms with Gasteiger partial charge >= 0.3 is 6.18 Å². The number of fused-ring (bicyclic) bond motifs is 1. The number of nitrogens with one attached hydrogen (secondary N) is 2. The van der Waals surface area contributed by atoms with Crippen LogP contribution >= 0.6 is 11.6 Å². The van der Waals surface area contributed by atoms with E-state index in [1.165, 1.54) is 18.3 Å². The van der Waals surface area contributed by atoms with Crippen molar-refractivity contribution in [3.05, 3.63) is 58.6 Å².